The van der Waals surface area contributed by atoms with Gasteiger partial charge < -0.3 is 9.47 Å². The van der Waals surface area contributed by atoms with E-state index in [1.165, 1.54) is 5.56 Å². The summed E-state index contributed by atoms with van der Waals surface area (Å²) in [4.78, 5) is 19.4. The van der Waals surface area contributed by atoms with Gasteiger partial charge in [-0.25, -0.2) is 4.68 Å². The molecule has 0 saturated carbocycles. The fraction of sp³-hybridized carbons (Fsp3) is 0.241. The SMILES string of the molecule is CCn1c(C(=O)N2CCN(Cc3ccccc3)CC2)cc2c(-c3cccs3)nn(-c3ccccc3)c21. The van der Waals surface area contributed by atoms with Crippen LogP contribution in [0.25, 0.3) is 27.3 Å². The topological polar surface area (TPSA) is 46.3 Å². The summed E-state index contributed by atoms with van der Waals surface area (Å²) in [5, 5.41) is 8.10. The molecule has 1 saturated heterocycles. The van der Waals surface area contributed by atoms with E-state index in [-0.39, 0.29) is 5.91 Å². The van der Waals surface area contributed by atoms with Gasteiger partial charge in [-0.3, -0.25) is 9.69 Å². The number of benzene rings is 2. The Kier molecular flexibility index (Phi) is 6.17. The van der Waals surface area contributed by atoms with Gasteiger partial charge in [0.15, 0.2) is 0 Å². The van der Waals surface area contributed by atoms with Crippen molar-refractivity contribution in [2.75, 3.05) is 26.2 Å². The highest BCUT2D eigenvalue weighted by Gasteiger charge is 2.28. The van der Waals surface area contributed by atoms with E-state index in [4.69, 9.17) is 5.10 Å². The molecule has 0 unspecified atom stereocenters. The number of aryl methyl sites for hydroxylation is 1. The molecule has 1 fully saturated rings. The van der Waals surface area contributed by atoms with E-state index < -0.39 is 0 Å². The minimum Gasteiger partial charge on any atom is -0.335 e. The van der Waals surface area contributed by atoms with Gasteiger partial charge in [0.05, 0.1) is 10.6 Å². The standard InChI is InChI=1S/C29H29N5OS/c1-2-33-25(29(35)32-17-15-31(16-18-32)21-22-10-5-3-6-11-22)20-24-27(26-14-9-19-36-26)30-34(28(24)33)23-12-7-4-8-13-23/h3-14,19-20H,2,15-18,21H2,1H3. The van der Waals surface area contributed by atoms with Crippen LogP contribution in [0.3, 0.4) is 0 Å². The molecule has 5 aromatic rings. The van der Waals surface area contributed by atoms with Crippen molar-refractivity contribution in [1.82, 2.24) is 24.1 Å². The fourth-order valence-electron chi connectivity index (χ4n) is 5.10. The highest BCUT2D eigenvalue weighted by molar-refractivity contribution is 7.13. The maximum atomic E-state index is 13.8. The van der Waals surface area contributed by atoms with Gasteiger partial charge in [-0.1, -0.05) is 54.6 Å². The number of nitrogens with zero attached hydrogens (tertiary/aromatic N) is 5. The van der Waals surface area contributed by atoms with Crippen LogP contribution in [0, 0.1) is 0 Å². The first-order valence-corrected chi connectivity index (χ1v) is 13.4. The van der Waals surface area contributed by atoms with Crippen molar-refractivity contribution >= 4 is 28.3 Å². The Morgan fingerprint density at radius 3 is 2.31 bits per heavy atom. The van der Waals surface area contributed by atoms with E-state index >= 15 is 0 Å². The minimum absolute atomic E-state index is 0.101. The highest BCUT2D eigenvalue weighted by Crippen LogP contribution is 2.35. The summed E-state index contributed by atoms with van der Waals surface area (Å²) >= 11 is 1.67. The summed E-state index contributed by atoms with van der Waals surface area (Å²) in [5.41, 5.74) is 4.95. The van der Waals surface area contributed by atoms with E-state index in [9.17, 15) is 4.79 Å². The number of fused-ring (bicyclic) bond motifs is 1. The fourth-order valence-corrected chi connectivity index (χ4v) is 5.82. The molecule has 0 N–H and O–H groups in total. The Labute approximate surface area is 215 Å². The first kappa shape index (κ1) is 22.8. The smallest absolute Gasteiger partial charge is 0.270 e. The first-order chi connectivity index (χ1) is 17.7. The number of thiophene rings is 1. The molecular weight excluding hydrogens is 466 g/mol. The summed E-state index contributed by atoms with van der Waals surface area (Å²) in [7, 11) is 0. The van der Waals surface area contributed by atoms with Crippen molar-refractivity contribution in [3.63, 3.8) is 0 Å². The molecule has 0 atom stereocenters. The van der Waals surface area contributed by atoms with Crippen LogP contribution in [0.4, 0.5) is 0 Å². The van der Waals surface area contributed by atoms with Crippen LogP contribution in [0.1, 0.15) is 23.0 Å². The minimum atomic E-state index is 0.101. The molecule has 182 valence electrons. The van der Waals surface area contributed by atoms with Gasteiger partial charge in [0, 0.05) is 44.7 Å². The zero-order valence-electron chi connectivity index (χ0n) is 20.4. The number of para-hydroxylation sites is 1. The van der Waals surface area contributed by atoms with Gasteiger partial charge in [-0.15, -0.1) is 11.3 Å². The van der Waals surface area contributed by atoms with Crippen LogP contribution in [-0.2, 0) is 13.1 Å². The number of rotatable bonds is 6. The molecule has 0 spiro atoms. The lowest BCUT2D eigenvalue weighted by Gasteiger charge is -2.34. The Balaban J connectivity index is 1.33. The zero-order valence-corrected chi connectivity index (χ0v) is 21.2. The van der Waals surface area contributed by atoms with Crippen molar-refractivity contribution in [3.8, 4) is 16.3 Å². The molecule has 7 heteroatoms. The van der Waals surface area contributed by atoms with E-state index in [1.807, 2.05) is 39.9 Å². The van der Waals surface area contributed by atoms with Crippen molar-refractivity contribution in [1.29, 1.82) is 0 Å². The van der Waals surface area contributed by atoms with E-state index in [2.05, 4.69) is 70.3 Å². The summed E-state index contributed by atoms with van der Waals surface area (Å²) in [6.45, 7) is 6.95. The summed E-state index contributed by atoms with van der Waals surface area (Å²) in [6, 6.07) is 26.9. The van der Waals surface area contributed by atoms with Crippen LogP contribution >= 0.6 is 11.3 Å². The number of carbonyl (C=O) groups excluding carboxylic acids is 1. The normalized spacial score (nSPS) is 14.5. The maximum Gasteiger partial charge on any atom is 0.270 e. The molecule has 3 aromatic heterocycles. The largest absolute Gasteiger partial charge is 0.335 e. The van der Waals surface area contributed by atoms with Gasteiger partial charge >= 0.3 is 0 Å². The molecule has 1 aliphatic rings. The van der Waals surface area contributed by atoms with Gasteiger partial charge in [0.1, 0.15) is 17.0 Å². The Hall–Kier alpha value is -3.68. The maximum absolute atomic E-state index is 13.8. The predicted molar refractivity (Wildman–Crippen MR) is 146 cm³/mol. The molecule has 4 heterocycles. The third-order valence-corrected chi connectivity index (χ3v) is 7.80. The van der Waals surface area contributed by atoms with Crippen molar-refractivity contribution in [2.45, 2.75) is 20.0 Å². The second-order valence-electron chi connectivity index (χ2n) is 9.14. The van der Waals surface area contributed by atoms with Gasteiger partial charge in [0.2, 0.25) is 0 Å². The molecule has 6 rings (SSSR count). The molecule has 0 aliphatic carbocycles. The van der Waals surface area contributed by atoms with E-state index in [0.717, 1.165) is 65.7 Å². The third-order valence-electron chi connectivity index (χ3n) is 6.92. The van der Waals surface area contributed by atoms with Crippen molar-refractivity contribution in [2.24, 2.45) is 0 Å². The summed E-state index contributed by atoms with van der Waals surface area (Å²) in [5.74, 6) is 0.101. The van der Waals surface area contributed by atoms with Crippen LogP contribution in [0.5, 0.6) is 0 Å². The Bertz CT molecular complexity index is 1460. The second kappa shape index (κ2) is 9.76. The van der Waals surface area contributed by atoms with Gasteiger partial charge in [-0.05, 0) is 42.1 Å². The summed E-state index contributed by atoms with van der Waals surface area (Å²) in [6.07, 6.45) is 0. The zero-order chi connectivity index (χ0) is 24.5. The number of piperazine rings is 1. The molecule has 1 amide bonds. The number of aromatic nitrogens is 3. The van der Waals surface area contributed by atoms with E-state index in [0.29, 0.717) is 6.54 Å². The van der Waals surface area contributed by atoms with Crippen LogP contribution in [0.15, 0.2) is 84.2 Å². The number of amides is 1. The van der Waals surface area contributed by atoms with Crippen LogP contribution in [-0.4, -0.2) is 56.2 Å². The lowest BCUT2D eigenvalue weighted by atomic mass is 10.2. The lowest BCUT2D eigenvalue weighted by molar-refractivity contribution is 0.0618. The van der Waals surface area contributed by atoms with Crippen molar-refractivity contribution < 1.29 is 4.79 Å². The molecule has 0 bridgehead atoms. The molecule has 36 heavy (non-hydrogen) atoms. The quantitative estimate of drug-likeness (QED) is 0.311. The Morgan fingerprint density at radius 2 is 1.64 bits per heavy atom. The van der Waals surface area contributed by atoms with E-state index in [1.54, 1.807) is 11.3 Å². The lowest BCUT2D eigenvalue weighted by Crippen LogP contribution is -2.48. The van der Waals surface area contributed by atoms with Crippen LogP contribution in [0.2, 0.25) is 0 Å². The second-order valence-corrected chi connectivity index (χ2v) is 10.1. The number of hydrogen-bond acceptors (Lipinski definition) is 4. The molecule has 6 nitrogen and oxygen atoms in total. The summed E-state index contributed by atoms with van der Waals surface area (Å²) < 4.78 is 4.12. The molecule has 0 radical (unpaired) electrons. The molecule has 1 aliphatic heterocycles. The number of hydrogen-bond donors (Lipinski definition) is 0. The molecular formula is C29H29N5OS. The van der Waals surface area contributed by atoms with Crippen LogP contribution < -0.4 is 0 Å². The average Bonchev–Trinajstić information content (AvgIpc) is 3.66. The van der Waals surface area contributed by atoms with Crippen molar-refractivity contribution in [3.05, 3.63) is 95.5 Å². The first-order valence-electron chi connectivity index (χ1n) is 12.5. The number of carbonyl (C=O) groups is 1. The monoisotopic (exact) mass is 495 g/mol. The average molecular weight is 496 g/mol. The molecule has 2 aromatic carbocycles. The highest BCUT2D eigenvalue weighted by atomic mass is 32.1. The third kappa shape index (κ3) is 4.14. The van der Waals surface area contributed by atoms with Gasteiger partial charge in [0.25, 0.3) is 5.91 Å². The Morgan fingerprint density at radius 1 is 0.917 bits per heavy atom. The van der Waals surface area contributed by atoms with Gasteiger partial charge in [-0.2, -0.15) is 5.10 Å². The predicted octanol–water partition coefficient (Wildman–Crippen LogP) is 5.53.